The van der Waals surface area contributed by atoms with Crippen molar-refractivity contribution in [1.29, 1.82) is 0 Å². The topological polar surface area (TPSA) is 16.4 Å². The molecule has 2 aromatic heterocycles. The van der Waals surface area contributed by atoms with Crippen LogP contribution in [0, 0.1) is 0 Å². The second-order valence-electron chi connectivity index (χ2n) is 12.9. The summed E-state index contributed by atoms with van der Waals surface area (Å²) in [6.07, 6.45) is 0. The Kier molecular flexibility index (Phi) is 7.04. The highest BCUT2D eigenvalue weighted by Gasteiger charge is 2.17. The average molecular weight is 670 g/mol. The van der Waals surface area contributed by atoms with Crippen LogP contribution in [-0.2, 0) is 0 Å². The molecule has 8 aromatic carbocycles. The van der Waals surface area contributed by atoms with Gasteiger partial charge in [0.2, 0.25) is 0 Å². The van der Waals surface area contributed by atoms with Crippen molar-refractivity contribution < 1.29 is 4.42 Å². The molecule has 0 fully saturated rings. The molecule has 10 aromatic rings. The molecule has 51 heavy (non-hydrogen) atoms. The number of rotatable bonds is 6. The van der Waals surface area contributed by atoms with Crippen LogP contribution in [0.1, 0.15) is 0 Å². The first-order valence-electron chi connectivity index (χ1n) is 17.3. The van der Waals surface area contributed by atoms with E-state index in [1.165, 1.54) is 42.4 Å². The third-order valence-corrected chi connectivity index (χ3v) is 11.1. The van der Waals surface area contributed by atoms with Gasteiger partial charge in [-0.05, 0) is 76.3 Å². The van der Waals surface area contributed by atoms with E-state index in [9.17, 15) is 0 Å². The summed E-state index contributed by atoms with van der Waals surface area (Å²) in [5, 5.41) is 4.92. The largest absolute Gasteiger partial charge is 0.455 e. The van der Waals surface area contributed by atoms with Crippen LogP contribution in [0.25, 0.3) is 75.5 Å². The number of hydrogen-bond acceptors (Lipinski definition) is 3. The van der Waals surface area contributed by atoms with E-state index in [4.69, 9.17) is 4.42 Å². The third kappa shape index (κ3) is 5.10. The fourth-order valence-corrected chi connectivity index (χ4v) is 8.65. The molecule has 2 heterocycles. The minimum Gasteiger partial charge on any atom is -0.455 e. The van der Waals surface area contributed by atoms with E-state index in [1.807, 2.05) is 23.5 Å². The number of benzene rings is 8. The quantitative estimate of drug-likeness (QED) is 0.175. The first-order valence-corrected chi connectivity index (χ1v) is 18.1. The molecule has 0 bridgehead atoms. The number of anilines is 3. The summed E-state index contributed by atoms with van der Waals surface area (Å²) in [6, 6.07) is 67.3. The molecule has 0 saturated heterocycles. The fourth-order valence-electron chi connectivity index (χ4n) is 7.41. The van der Waals surface area contributed by atoms with Crippen LogP contribution in [0.5, 0.6) is 0 Å². The number of fused-ring (bicyclic) bond motifs is 6. The Morgan fingerprint density at radius 2 is 0.863 bits per heavy atom. The third-order valence-electron chi connectivity index (χ3n) is 9.91. The Balaban J connectivity index is 1.06. The summed E-state index contributed by atoms with van der Waals surface area (Å²) in [6.45, 7) is 0. The van der Waals surface area contributed by atoms with E-state index >= 15 is 0 Å². The van der Waals surface area contributed by atoms with Gasteiger partial charge in [0, 0.05) is 53.6 Å². The van der Waals surface area contributed by atoms with E-state index in [0.29, 0.717) is 0 Å². The van der Waals surface area contributed by atoms with E-state index in [1.54, 1.807) is 0 Å². The summed E-state index contributed by atoms with van der Waals surface area (Å²) in [5.74, 6) is 0. The van der Waals surface area contributed by atoms with Crippen LogP contribution in [0.4, 0.5) is 17.1 Å². The van der Waals surface area contributed by atoms with Gasteiger partial charge in [-0.2, -0.15) is 0 Å². The maximum absolute atomic E-state index is 6.38. The SMILES string of the molecule is c1ccc(-c2ccc(N(c3ccc(-c4cccc5c4oc4ccccc45)cc3)c3ccc(-c4cccc5c4sc4ccccc45)cc3)cc2)cc1. The molecule has 2 nitrogen and oxygen atoms in total. The zero-order valence-electron chi connectivity index (χ0n) is 27.7. The molecule has 0 N–H and O–H groups in total. The highest BCUT2D eigenvalue weighted by molar-refractivity contribution is 7.26. The summed E-state index contributed by atoms with van der Waals surface area (Å²) in [4.78, 5) is 2.34. The van der Waals surface area contributed by atoms with Crippen molar-refractivity contribution in [3.8, 4) is 33.4 Å². The van der Waals surface area contributed by atoms with Gasteiger partial charge in [0.15, 0.2) is 0 Å². The van der Waals surface area contributed by atoms with E-state index in [0.717, 1.165) is 50.1 Å². The van der Waals surface area contributed by atoms with Crippen molar-refractivity contribution in [2.75, 3.05) is 4.90 Å². The minimum atomic E-state index is 0.911. The summed E-state index contributed by atoms with van der Waals surface area (Å²) in [5.41, 5.74) is 12.2. The maximum atomic E-state index is 6.38. The molecule has 0 unspecified atom stereocenters. The lowest BCUT2D eigenvalue weighted by Gasteiger charge is -2.26. The highest BCUT2D eigenvalue weighted by atomic mass is 32.1. The molecular formula is C48H31NOS. The molecule has 0 aliphatic carbocycles. The number of furan rings is 1. The number of para-hydroxylation sites is 2. The van der Waals surface area contributed by atoms with Gasteiger partial charge in [0.05, 0.1) is 0 Å². The first kappa shape index (κ1) is 29.5. The van der Waals surface area contributed by atoms with Crippen LogP contribution < -0.4 is 4.90 Å². The van der Waals surface area contributed by atoms with Gasteiger partial charge < -0.3 is 9.32 Å². The normalized spacial score (nSPS) is 11.5. The van der Waals surface area contributed by atoms with Gasteiger partial charge in [-0.25, -0.2) is 0 Å². The second-order valence-corrected chi connectivity index (χ2v) is 14.0. The predicted molar refractivity (Wildman–Crippen MR) is 218 cm³/mol. The molecule has 0 aliphatic heterocycles. The molecule has 0 atom stereocenters. The van der Waals surface area contributed by atoms with Gasteiger partial charge in [0.1, 0.15) is 11.2 Å². The van der Waals surface area contributed by atoms with Gasteiger partial charge in [-0.1, -0.05) is 140 Å². The summed E-state index contributed by atoms with van der Waals surface area (Å²) in [7, 11) is 0. The van der Waals surface area contributed by atoms with Crippen LogP contribution >= 0.6 is 11.3 Å². The van der Waals surface area contributed by atoms with Gasteiger partial charge >= 0.3 is 0 Å². The van der Waals surface area contributed by atoms with Crippen LogP contribution in [0.3, 0.4) is 0 Å². The number of hydrogen-bond donors (Lipinski definition) is 0. The Morgan fingerprint density at radius 1 is 0.353 bits per heavy atom. The number of thiophene rings is 1. The molecule has 0 amide bonds. The lowest BCUT2D eigenvalue weighted by atomic mass is 10.0. The molecule has 3 heteroatoms. The smallest absolute Gasteiger partial charge is 0.143 e. The molecule has 10 rings (SSSR count). The monoisotopic (exact) mass is 669 g/mol. The van der Waals surface area contributed by atoms with Crippen molar-refractivity contribution in [2.24, 2.45) is 0 Å². The van der Waals surface area contributed by atoms with Crippen molar-refractivity contribution in [1.82, 2.24) is 0 Å². The minimum absolute atomic E-state index is 0.911. The average Bonchev–Trinajstić information content (AvgIpc) is 3.78. The molecular weight excluding hydrogens is 639 g/mol. The summed E-state index contributed by atoms with van der Waals surface area (Å²) >= 11 is 1.87. The van der Waals surface area contributed by atoms with E-state index in [-0.39, 0.29) is 0 Å². The summed E-state index contributed by atoms with van der Waals surface area (Å²) < 4.78 is 9.03. The molecule has 0 radical (unpaired) electrons. The Bertz CT molecular complexity index is 2670. The highest BCUT2D eigenvalue weighted by Crippen LogP contribution is 2.42. The standard InChI is InChI=1S/C48H31NOS/c1-2-10-32(11-3-1)33-20-26-36(27-21-33)49(37-28-22-34(23-29-37)39-14-8-16-43-41-12-4-6-18-45(41)50-47(39)43)38-30-24-35(25-31-38)40-15-9-17-44-42-13-5-7-19-46(42)51-48(40)44/h1-31H. The van der Waals surface area contributed by atoms with Crippen molar-refractivity contribution in [3.05, 3.63) is 188 Å². The van der Waals surface area contributed by atoms with Gasteiger partial charge in [-0.15, -0.1) is 11.3 Å². The fraction of sp³-hybridized carbons (Fsp3) is 0. The Labute approximate surface area is 300 Å². The Morgan fingerprint density at radius 3 is 1.57 bits per heavy atom. The second kappa shape index (κ2) is 12.2. The van der Waals surface area contributed by atoms with Gasteiger partial charge in [0.25, 0.3) is 0 Å². The first-order chi connectivity index (χ1) is 25.3. The van der Waals surface area contributed by atoms with E-state index in [2.05, 4.69) is 181 Å². The van der Waals surface area contributed by atoms with Crippen LogP contribution in [-0.4, -0.2) is 0 Å². The van der Waals surface area contributed by atoms with Crippen LogP contribution in [0.15, 0.2) is 192 Å². The molecule has 240 valence electrons. The maximum Gasteiger partial charge on any atom is 0.143 e. The van der Waals surface area contributed by atoms with Crippen molar-refractivity contribution in [3.63, 3.8) is 0 Å². The predicted octanol–water partition coefficient (Wildman–Crippen LogP) is 14.4. The zero-order chi connectivity index (χ0) is 33.7. The van der Waals surface area contributed by atoms with Gasteiger partial charge in [-0.3, -0.25) is 0 Å². The lowest BCUT2D eigenvalue weighted by Crippen LogP contribution is -2.09. The molecule has 0 saturated carbocycles. The molecule has 0 spiro atoms. The number of nitrogens with zero attached hydrogens (tertiary/aromatic N) is 1. The van der Waals surface area contributed by atoms with Crippen molar-refractivity contribution in [2.45, 2.75) is 0 Å². The Hall–Kier alpha value is -6.42. The lowest BCUT2D eigenvalue weighted by molar-refractivity contribution is 0.670. The molecule has 0 aliphatic rings. The van der Waals surface area contributed by atoms with Crippen molar-refractivity contribution >= 4 is 70.5 Å². The van der Waals surface area contributed by atoms with Crippen LogP contribution in [0.2, 0.25) is 0 Å². The zero-order valence-corrected chi connectivity index (χ0v) is 28.5. The van der Waals surface area contributed by atoms with E-state index < -0.39 is 0 Å².